The zero-order valence-electron chi connectivity index (χ0n) is 13.8. The van der Waals surface area contributed by atoms with E-state index in [2.05, 4.69) is 11.4 Å². The Morgan fingerprint density at radius 2 is 1.76 bits per heavy atom. The topological polar surface area (TPSA) is 88.4 Å². The van der Waals surface area contributed by atoms with E-state index < -0.39 is 11.9 Å². The van der Waals surface area contributed by atoms with Crippen molar-refractivity contribution < 1.29 is 19.1 Å². The summed E-state index contributed by atoms with van der Waals surface area (Å²) in [6, 6.07) is 15.5. The van der Waals surface area contributed by atoms with Crippen molar-refractivity contribution in [2.75, 3.05) is 18.5 Å². The van der Waals surface area contributed by atoms with E-state index in [1.54, 1.807) is 48.5 Å². The van der Waals surface area contributed by atoms with E-state index in [4.69, 9.17) is 14.7 Å². The zero-order valence-corrected chi connectivity index (χ0v) is 13.8. The monoisotopic (exact) mass is 338 g/mol. The Labute approximate surface area is 146 Å². The summed E-state index contributed by atoms with van der Waals surface area (Å²) in [6.07, 6.45) is 0.313. The highest BCUT2D eigenvalue weighted by Gasteiger charge is 2.10. The molecule has 1 N–H and O–H groups in total. The van der Waals surface area contributed by atoms with Crippen molar-refractivity contribution in [3.05, 3.63) is 59.7 Å². The highest BCUT2D eigenvalue weighted by molar-refractivity contribution is 5.95. The van der Waals surface area contributed by atoms with Gasteiger partial charge in [0.05, 0.1) is 24.7 Å². The first-order valence-electron chi connectivity index (χ1n) is 7.78. The second kappa shape index (κ2) is 9.08. The SMILES string of the molecule is CCOc1ccc(C(=O)OCC(=O)Nc2ccc(CC#N)cc2)cc1. The third-order valence-electron chi connectivity index (χ3n) is 3.26. The Kier molecular flexibility index (Phi) is 6.55. The summed E-state index contributed by atoms with van der Waals surface area (Å²) in [6.45, 7) is 2.03. The van der Waals surface area contributed by atoms with Crippen molar-refractivity contribution in [1.29, 1.82) is 5.26 Å². The highest BCUT2D eigenvalue weighted by Crippen LogP contribution is 2.13. The molecule has 2 aromatic rings. The van der Waals surface area contributed by atoms with Gasteiger partial charge in [0, 0.05) is 5.69 Å². The average molecular weight is 338 g/mol. The maximum Gasteiger partial charge on any atom is 0.338 e. The van der Waals surface area contributed by atoms with Crippen LogP contribution in [0.4, 0.5) is 5.69 Å². The van der Waals surface area contributed by atoms with Gasteiger partial charge in [0.25, 0.3) is 5.91 Å². The summed E-state index contributed by atoms with van der Waals surface area (Å²) in [4.78, 5) is 23.8. The van der Waals surface area contributed by atoms with Crippen LogP contribution in [0.5, 0.6) is 5.75 Å². The Hall–Kier alpha value is -3.33. The number of nitrogens with one attached hydrogen (secondary N) is 1. The number of esters is 1. The molecule has 0 aliphatic heterocycles. The van der Waals surface area contributed by atoms with E-state index in [9.17, 15) is 9.59 Å². The van der Waals surface area contributed by atoms with Gasteiger partial charge in [-0.05, 0) is 48.9 Å². The summed E-state index contributed by atoms with van der Waals surface area (Å²) in [5.74, 6) is -0.355. The van der Waals surface area contributed by atoms with Crippen LogP contribution in [0.25, 0.3) is 0 Å². The number of nitrogens with zero attached hydrogens (tertiary/aromatic N) is 1. The Bertz CT molecular complexity index is 762. The van der Waals surface area contributed by atoms with Crippen LogP contribution in [0, 0.1) is 11.3 Å². The molecule has 0 radical (unpaired) electrons. The lowest BCUT2D eigenvalue weighted by Gasteiger charge is -2.08. The molecule has 25 heavy (non-hydrogen) atoms. The molecule has 6 nitrogen and oxygen atoms in total. The molecule has 0 unspecified atom stereocenters. The minimum absolute atomic E-state index is 0.313. The molecule has 2 rings (SSSR count). The van der Waals surface area contributed by atoms with E-state index in [1.165, 1.54) is 0 Å². The molecule has 0 spiro atoms. The van der Waals surface area contributed by atoms with Crippen molar-refractivity contribution in [2.24, 2.45) is 0 Å². The van der Waals surface area contributed by atoms with Gasteiger partial charge in [0.2, 0.25) is 0 Å². The van der Waals surface area contributed by atoms with Crippen LogP contribution in [0.15, 0.2) is 48.5 Å². The molecular weight excluding hydrogens is 320 g/mol. The first-order valence-corrected chi connectivity index (χ1v) is 7.78. The van der Waals surface area contributed by atoms with Gasteiger partial charge in [0.15, 0.2) is 6.61 Å². The average Bonchev–Trinajstić information content (AvgIpc) is 2.62. The van der Waals surface area contributed by atoms with Gasteiger partial charge in [0.1, 0.15) is 5.75 Å². The van der Waals surface area contributed by atoms with Crippen LogP contribution in [0.1, 0.15) is 22.8 Å². The second-order valence-corrected chi connectivity index (χ2v) is 5.11. The summed E-state index contributed by atoms with van der Waals surface area (Å²) in [5.41, 5.74) is 1.78. The van der Waals surface area contributed by atoms with Gasteiger partial charge >= 0.3 is 5.97 Å². The molecule has 6 heteroatoms. The maximum atomic E-state index is 11.9. The molecule has 0 bridgehead atoms. The summed E-state index contributed by atoms with van der Waals surface area (Å²) >= 11 is 0. The molecule has 0 fully saturated rings. The van der Waals surface area contributed by atoms with E-state index in [1.807, 2.05) is 6.92 Å². The first-order chi connectivity index (χ1) is 12.1. The smallest absolute Gasteiger partial charge is 0.338 e. The van der Waals surface area contributed by atoms with Gasteiger partial charge < -0.3 is 14.8 Å². The fourth-order valence-electron chi connectivity index (χ4n) is 2.06. The minimum Gasteiger partial charge on any atom is -0.494 e. The van der Waals surface area contributed by atoms with Crippen LogP contribution < -0.4 is 10.1 Å². The molecule has 128 valence electrons. The molecule has 2 aromatic carbocycles. The number of ether oxygens (including phenoxy) is 2. The van der Waals surface area contributed by atoms with E-state index in [0.717, 1.165) is 5.56 Å². The van der Waals surface area contributed by atoms with Gasteiger partial charge in [-0.15, -0.1) is 0 Å². The fourth-order valence-corrected chi connectivity index (χ4v) is 2.06. The van der Waals surface area contributed by atoms with E-state index >= 15 is 0 Å². The summed E-state index contributed by atoms with van der Waals surface area (Å²) in [5, 5.41) is 11.2. The highest BCUT2D eigenvalue weighted by atomic mass is 16.5. The lowest BCUT2D eigenvalue weighted by molar-refractivity contribution is -0.119. The molecule has 0 aliphatic carbocycles. The Morgan fingerprint density at radius 1 is 1.08 bits per heavy atom. The van der Waals surface area contributed by atoms with E-state index in [0.29, 0.717) is 30.0 Å². The molecule has 0 heterocycles. The lowest BCUT2D eigenvalue weighted by Crippen LogP contribution is -2.20. The molecular formula is C19H18N2O4. The minimum atomic E-state index is -0.581. The van der Waals surface area contributed by atoms with E-state index in [-0.39, 0.29) is 6.61 Å². The normalized spacial score (nSPS) is 9.76. The molecule has 0 atom stereocenters. The predicted molar refractivity (Wildman–Crippen MR) is 92.3 cm³/mol. The molecule has 0 saturated heterocycles. The third-order valence-corrected chi connectivity index (χ3v) is 3.26. The van der Waals surface area contributed by atoms with Crippen LogP contribution in [-0.4, -0.2) is 25.1 Å². The number of hydrogen-bond donors (Lipinski definition) is 1. The van der Waals surface area contributed by atoms with Crippen molar-refractivity contribution in [3.63, 3.8) is 0 Å². The summed E-state index contributed by atoms with van der Waals surface area (Å²) < 4.78 is 10.3. The number of hydrogen-bond acceptors (Lipinski definition) is 5. The van der Waals surface area contributed by atoms with Gasteiger partial charge in [-0.25, -0.2) is 4.79 Å². The van der Waals surface area contributed by atoms with Crippen LogP contribution in [0.3, 0.4) is 0 Å². The lowest BCUT2D eigenvalue weighted by atomic mass is 10.1. The fraction of sp³-hybridized carbons (Fsp3) is 0.211. The second-order valence-electron chi connectivity index (χ2n) is 5.11. The van der Waals surface area contributed by atoms with Crippen LogP contribution in [0.2, 0.25) is 0 Å². The standard InChI is InChI=1S/C19H18N2O4/c1-2-24-17-9-5-15(6-10-17)19(23)25-13-18(22)21-16-7-3-14(4-8-16)11-12-20/h3-10H,2,11,13H2,1H3,(H,21,22). The largest absolute Gasteiger partial charge is 0.494 e. The molecule has 0 aromatic heterocycles. The van der Waals surface area contributed by atoms with Crippen molar-refractivity contribution in [3.8, 4) is 11.8 Å². The first kappa shape index (κ1) is 18.0. The number of rotatable bonds is 7. The molecule has 1 amide bonds. The number of anilines is 1. The Balaban J connectivity index is 1.82. The number of benzene rings is 2. The maximum absolute atomic E-state index is 11.9. The van der Waals surface area contributed by atoms with Crippen LogP contribution in [-0.2, 0) is 16.0 Å². The number of carbonyl (C=O) groups is 2. The van der Waals surface area contributed by atoms with Crippen LogP contribution >= 0.6 is 0 Å². The van der Waals surface area contributed by atoms with Crippen molar-refractivity contribution >= 4 is 17.6 Å². The number of nitriles is 1. The zero-order chi connectivity index (χ0) is 18.1. The van der Waals surface area contributed by atoms with Gasteiger partial charge in [-0.3, -0.25) is 4.79 Å². The molecule has 0 saturated carbocycles. The molecule has 0 aliphatic rings. The predicted octanol–water partition coefficient (Wildman–Crippen LogP) is 2.95. The van der Waals surface area contributed by atoms with Crippen molar-refractivity contribution in [1.82, 2.24) is 0 Å². The number of amides is 1. The quantitative estimate of drug-likeness (QED) is 0.784. The Morgan fingerprint density at radius 3 is 2.36 bits per heavy atom. The third kappa shape index (κ3) is 5.66. The number of carbonyl (C=O) groups excluding carboxylic acids is 2. The van der Waals surface area contributed by atoms with Gasteiger partial charge in [-0.2, -0.15) is 5.26 Å². The summed E-state index contributed by atoms with van der Waals surface area (Å²) in [7, 11) is 0. The van der Waals surface area contributed by atoms with Crippen molar-refractivity contribution in [2.45, 2.75) is 13.3 Å². The van der Waals surface area contributed by atoms with Gasteiger partial charge in [-0.1, -0.05) is 12.1 Å².